The van der Waals surface area contributed by atoms with Gasteiger partial charge in [-0.3, -0.25) is 0 Å². The van der Waals surface area contributed by atoms with Crippen LogP contribution in [0.4, 0.5) is 16.4 Å². The van der Waals surface area contributed by atoms with Crippen LogP contribution < -0.4 is 5.32 Å². The fourth-order valence-corrected chi connectivity index (χ4v) is 3.46. The van der Waals surface area contributed by atoms with Crippen molar-refractivity contribution in [2.45, 2.75) is 52.9 Å². The summed E-state index contributed by atoms with van der Waals surface area (Å²) in [6.45, 7) is 8.78. The minimum atomic E-state index is -0.523. The molecule has 0 fully saturated rings. The van der Waals surface area contributed by atoms with Crippen molar-refractivity contribution < 1.29 is 19.1 Å². The topological polar surface area (TPSA) is 93.7 Å². The summed E-state index contributed by atoms with van der Waals surface area (Å²) in [4.78, 5) is 34.7. The molecule has 0 saturated carbocycles. The predicted octanol–water partition coefficient (Wildman–Crippen LogP) is 3.49. The number of rotatable bonds is 2. The van der Waals surface area contributed by atoms with Crippen LogP contribution in [0.1, 0.15) is 53.5 Å². The molecular formula is C21H24N4O4. The molecule has 2 aliphatic heterocycles. The number of amides is 1. The number of nitrogens with zero attached hydrogens (tertiary/aromatic N) is 3. The summed E-state index contributed by atoms with van der Waals surface area (Å²) < 4.78 is 10.6. The van der Waals surface area contributed by atoms with Gasteiger partial charge in [-0.1, -0.05) is 0 Å². The maximum atomic E-state index is 12.3. The molecule has 3 heterocycles. The highest BCUT2D eigenvalue weighted by Gasteiger charge is 2.27. The number of aromatic nitrogens is 2. The van der Waals surface area contributed by atoms with E-state index in [2.05, 4.69) is 15.3 Å². The molecule has 0 radical (unpaired) electrons. The number of esters is 1. The van der Waals surface area contributed by atoms with Gasteiger partial charge in [0.15, 0.2) is 0 Å². The average Bonchev–Trinajstić information content (AvgIpc) is 3.04. The van der Waals surface area contributed by atoms with Crippen LogP contribution >= 0.6 is 0 Å². The van der Waals surface area contributed by atoms with Crippen LogP contribution in [0.3, 0.4) is 0 Å². The van der Waals surface area contributed by atoms with Crippen molar-refractivity contribution in [2.24, 2.45) is 0 Å². The number of carbonyl (C=O) groups excluding carboxylic acids is 2. The molecule has 2 aromatic rings. The van der Waals surface area contributed by atoms with Crippen LogP contribution in [0, 0.1) is 6.92 Å². The van der Waals surface area contributed by atoms with E-state index in [9.17, 15) is 9.59 Å². The van der Waals surface area contributed by atoms with Gasteiger partial charge in [0.05, 0.1) is 17.8 Å². The molecule has 8 heteroatoms. The summed E-state index contributed by atoms with van der Waals surface area (Å²) >= 11 is 0. The fourth-order valence-electron chi connectivity index (χ4n) is 3.46. The van der Waals surface area contributed by atoms with Gasteiger partial charge in [0.1, 0.15) is 12.2 Å². The van der Waals surface area contributed by atoms with Crippen LogP contribution in [0.15, 0.2) is 18.3 Å². The highest BCUT2D eigenvalue weighted by atomic mass is 16.6. The Morgan fingerprint density at radius 2 is 2.10 bits per heavy atom. The molecule has 1 aromatic carbocycles. The molecule has 0 saturated heterocycles. The van der Waals surface area contributed by atoms with Gasteiger partial charge in [0.2, 0.25) is 5.95 Å². The van der Waals surface area contributed by atoms with Gasteiger partial charge in [-0.2, -0.15) is 0 Å². The lowest BCUT2D eigenvalue weighted by Crippen LogP contribution is -2.40. The van der Waals surface area contributed by atoms with Crippen molar-refractivity contribution in [3.63, 3.8) is 0 Å². The van der Waals surface area contributed by atoms with Gasteiger partial charge in [0, 0.05) is 36.0 Å². The molecule has 1 N–H and O–H groups in total. The smallest absolute Gasteiger partial charge is 0.410 e. The van der Waals surface area contributed by atoms with E-state index in [1.54, 1.807) is 17.2 Å². The largest absolute Gasteiger partial charge is 0.457 e. The maximum absolute atomic E-state index is 12.3. The fraction of sp³-hybridized carbons (Fsp3) is 0.429. The molecule has 0 spiro atoms. The summed E-state index contributed by atoms with van der Waals surface area (Å²) in [6, 6.07) is 3.60. The molecule has 29 heavy (non-hydrogen) atoms. The summed E-state index contributed by atoms with van der Waals surface area (Å²) in [5, 5.41) is 3.24. The lowest BCUT2D eigenvalue weighted by Gasteiger charge is -2.30. The molecule has 0 unspecified atom stereocenters. The third-order valence-electron chi connectivity index (χ3n) is 5.00. The second-order valence-corrected chi connectivity index (χ2v) is 8.28. The van der Waals surface area contributed by atoms with E-state index in [-0.39, 0.29) is 12.1 Å². The van der Waals surface area contributed by atoms with E-state index in [0.717, 1.165) is 28.1 Å². The van der Waals surface area contributed by atoms with Crippen LogP contribution in [-0.4, -0.2) is 39.1 Å². The van der Waals surface area contributed by atoms with E-state index >= 15 is 0 Å². The minimum absolute atomic E-state index is 0.283. The Morgan fingerprint density at radius 1 is 1.31 bits per heavy atom. The number of anilines is 2. The predicted molar refractivity (Wildman–Crippen MR) is 106 cm³/mol. The first-order valence-electron chi connectivity index (χ1n) is 9.60. The molecule has 1 amide bonds. The third kappa shape index (κ3) is 3.87. The average molecular weight is 396 g/mol. The number of benzene rings is 1. The van der Waals surface area contributed by atoms with Crippen molar-refractivity contribution >= 4 is 23.7 Å². The van der Waals surface area contributed by atoms with Crippen LogP contribution in [0.25, 0.3) is 0 Å². The molecule has 0 bridgehead atoms. The van der Waals surface area contributed by atoms with Gasteiger partial charge in [0.25, 0.3) is 0 Å². The second kappa shape index (κ2) is 7.02. The van der Waals surface area contributed by atoms with Gasteiger partial charge >= 0.3 is 12.1 Å². The summed E-state index contributed by atoms with van der Waals surface area (Å²) in [5.74, 6) is 0.206. The number of fused-ring (bicyclic) bond motifs is 2. The van der Waals surface area contributed by atoms with Gasteiger partial charge in [-0.15, -0.1) is 0 Å². The SMILES string of the molecule is Cc1c(Nc2ncc3c(n2)CCN(C(=O)OC(C)(C)C)C3)ccc2c1COC2=O. The highest BCUT2D eigenvalue weighted by Crippen LogP contribution is 2.30. The first-order valence-corrected chi connectivity index (χ1v) is 9.60. The molecule has 1 aromatic heterocycles. The number of hydrogen-bond donors (Lipinski definition) is 1. The zero-order valence-electron chi connectivity index (χ0n) is 17.0. The number of carbonyl (C=O) groups is 2. The first kappa shape index (κ1) is 19.2. The maximum Gasteiger partial charge on any atom is 0.410 e. The minimum Gasteiger partial charge on any atom is -0.457 e. The Hall–Kier alpha value is -3.16. The van der Waals surface area contributed by atoms with Crippen molar-refractivity contribution in [1.29, 1.82) is 0 Å². The molecule has 4 rings (SSSR count). The van der Waals surface area contributed by atoms with Gasteiger partial charge in [-0.05, 0) is 45.4 Å². The van der Waals surface area contributed by atoms with Crippen molar-refractivity contribution in [3.05, 3.63) is 46.3 Å². The summed E-state index contributed by atoms with van der Waals surface area (Å²) in [7, 11) is 0. The summed E-state index contributed by atoms with van der Waals surface area (Å²) in [6.07, 6.45) is 2.06. The number of cyclic esters (lactones) is 1. The molecule has 2 aliphatic rings. The second-order valence-electron chi connectivity index (χ2n) is 8.28. The number of nitrogens with one attached hydrogen (secondary N) is 1. The van der Waals surface area contributed by atoms with E-state index in [1.165, 1.54) is 0 Å². The highest BCUT2D eigenvalue weighted by molar-refractivity contribution is 5.94. The van der Waals surface area contributed by atoms with Gasteiger partial charge < -0.3 is 19.7 Å². The lowest BCUT2D eigenvalue weighted by atomic mass is 10.0. The molecule has 0 atom stereocenters. The van der Waals surface area contributed by atoms with E-state index in [1.807, 2.05) is 33.8 Å². The Morgan fingerprint density at radius 3 is 2.86 bits per heavy atom. The normalized spacial score (nSPS) is 15.4. The van der Waals surface area contributed by atoms with E-state index in [0.29, 0.717) is 37.6 Å². The van der Waals surface area contributed by atoms with Crippen molar-refractivity contribution in [2.75, 3.05) is 11.9 Å². The first-order chi connectivity index (χ1) is 13.7. The van der Waals surface area contributed by atoms with Crippen LogP contribution in [-0.2, 0) is 29.0 Å². The van der Waals surface area contributed by atoms with Gasteiger partial charge in [-0.25, -0.2) is 19.6 Å². The Kier molecular flexibility index (Phi) is 4.64. The summed E-state index contributed by atoms with van der Waals surface area (Å²) in [5.41, 5.74) is 4.61. The van der Waals surface area contributed by atoms with Crippen molar-refractivity contribution in [1.82, 2.24) is 14.9 Å². The standard InChI is InChI=1S/C21H24N4O4/c1-12-15-11-28-18(26)14(15)5-6-16(12)23-19-22-9-13-10-25(8-7-17(13)24-19)20(27)29-21(2,3)4/h5-6,9H,7-8,10-11H2,1-4H3,(H,22,23,24). The molecule has 0 aliphatic carbocycles. The zero-order chi connectivity index (χ0) is 20.8. The number of hydrogen-bond acceptors (Lipinski definition) is 7. The quantitative estimate of drug-likeness (QED) is 0.777. The number of ether oxygens (including phenoxy) is 2. The Balaban J connectivity index is 1.49. The Bertz CT molecular complexity index is 997. The Labute approximate surface area is 169 Å². The van der Waals surface area contributed by atoms with Crippen LogP contribution in [0.2, 0.25) is 0 Å². The van der Waals surface area contributed by atoms with Crippen molar-refractivity contribution in [3.8, 4) is 0 Å². The molecule has 152 valence electrons. The van der Waals surface area contributed by atoms with E-state index < -0.39 is 5.60 Å². The van der Waals surface area contributed by atoms with E-state index in [4.69, 9.17) is 9.47 Å². The lowest BCUT2D eigenvalue weighted by molar-refractivity contribution is 0.0222. The molecule has 8 nitrogen and oxygen atoms in total. The zero-order valence-corrected chi connectivity index (χ0v) is 17.0. The third-order valence-corrected chi connectivity index (χ3v) is 5.00. The molecular weight excluding hydrogens is 372 g/mol. The van der Waals surface area contributed by atoms with Crippen LogP contribution in [0.5, 0.6) is 0 Å². The monoisotopic (exact) mass is 396 g/mol.